The second kappa shape index (κ2) is 7.38. The monoisotopic (exact) mass is 299 g/mol. The highest BCUT2D eigenvalue weighted by molar-refractivity contribution is 5.90. The highest BCUT2D eigenvalue weighted by atomic mass is 16.4. The summed E-state index contributed by atoms with van der Waals surface area (Å²) >= 11 is 0. The standard InChI is InChI=1S/C17H17NO4/c19-11-14(17(21)22)18-16(20)15(12-7-3-1-4-8-12)13-9-5-2-6-10-13/h1-10,14-15,19H,11H2,(H,18,20)(H,21,22). The normalized spacial score (nSPS) is 11.9. The van der Waals surface area contributed by atoms with Crippen LogP contribution in [0.5, 0.6) is 0 Å². The number of hydrogen-bond acceptors (Lipinski definition) is 3. The van der Waals surface area contributed by atoms with Crippen LogP contribution in [-0.2, 0) is 9.59 Å². The lowest BCUT2D eigenvalue weighted by Gasteiger charge is -2.20. The summed E-state index contributed by atoms with van der Waals surface area (Å²) in [5.41, 5.74) is 1.52. The lowest BCUT2D eigenvalue weighted by Crippen LogP contribution is -2.45. The fourth-order valence-electron chi connectivity index (χ4n) is 2.23. The maximum Gasteiger partial charge on any atom is 0.328 e. The summed E-state index contributed by atoms with van der Waals surface area (Å²) in [5, 5.41) is 20.4. The van der Waals surface area contributed by atoms with Gasteiger partial charge in [0.15, 0.2) is 0 Å². The van der Waals surface area contributed by atoms with Crippen molar-refractivity contribution >= 4 is 11.9 Å². The lowest BCUT2D eigenvalue weighted by atomic mass is 9.90. The van der Waals surface area contributed by atoms with E-state index in [-0.39, 0.29) is 0 Å². The van der Waals surface area contributed by atoms with Crippen molar-refractivity contribution < 1.29 is 19.8 Å². The minimum Gasteiger partial charge on any atom is -0.480 e. The van der Waals surface area contributed by atoms with E-state index in [0.717, 1.165) is 11.1 Å². The van der Waals surface area contributed by atoms with Gasteiger partial charge in [0.2, 0.25) is 5.91 Å². The van der Waals surface area contributed by atoms with E-state index in [1.54, 1.807) is 0 Å². The molecule has 3 N–H and O–H groups in total. The molecule has 5 nitrogen and oxygen atoms in total. The molecule has 0 heterocycles. The van der Waals surface area contributed by atoms with Crippen molar-refractivity contribution in [3.05, 3.63) is 71.8 Å². The molecule has 2 aromatic carbocycles. The summed E-state index contributed by atoms with van der Waals surface area (Å²) < 4.78 is 0. The highest BCUT2D eigenvalue weighted by Gasteiger charge is 2.27. The fourth-order valence-corrected chi connectivity index (χ4v) is 2.23. The zero-order chi connectivity index (χ0) is 15.9. The number of carboxylic acid groups (broad SMARTS) is 1. The van der Waals surface area contributed by atoms with Crippen LogP contribution in [0.4, 0.5) is 0 Å². The van der Waals surface area contributed by atoms with Crippen LogP contribution in [0.1, 0.15) is 17.0 Å². The molecule has 0 bridgehead atoms. The Morgan fingerprint density at radius 1 is 0.909 bits per heavy atom. The number of aliphatic hydroxyl groups is 1. The van der Waals surface area contributed by atoms with Crippen LogP contribution in [0.3, 0.4) is 0 Å². The predicted molar refractivity (Wildman–Crippen MR) is 81.4 cm³/mol. The van der Waals surface area contributed by atoms with E-state index in [1.807, 2.05) is 60.7 Å². The van der Waals surface area contributed by atoms with Crippen molar-refractivity contribution in [1.29, 1.82) is 0 Å². The van der Waals surface area contributed by atoms with Crippen molar-refractivity contribution in [3.63, 3.8) is 0 Å². The molecule has 22 heavy (non-hydrogen) atoms. The van der Waals surface area contributed by atoms with E-state index >= 15 is 0 Å². The van der Waals surface area contributed by atoms with E-state index in [9.17, 15) is 9.59 Å². The molecule has 0 aliphatic carbocycles. The highest BCUT2D eigenvalue weighted by Crippen LogP contribution is 2.24. The first kappa shape index (κ1) is 15.7. The third-order valence-corrected chi connectivity index (χ3v) is 3.33. The number of carboxylic acids is 1. The molecule has 1 unspecified atom stereocenters. The Balaban J connectivity index is 2.33. The molecular weight excluding hydrogens is 282 g/mol. The topological polar surface area (TPSA) is 86.6 Å². The molecule has 2 rings (SSSR count). The third-order valence-electron chi connectivity index (χ3n) is 3.33. The summed E-state index contributed by atoms with van der Waals surface area (Å²) in [7, 11) is 0. The SMILES string of the molecule is O=C(O)C(CO)NC(=O)C(c1ccccc1)c1ccccc1. The second-order valence-electron chi connectivity index (χ2n) is 4.84. The zero-order valence-corrected chi connectivity index (χ0v) is 11.8. The number of rotatable bonds is 6. The average molecular weight is 299 g/mol. The van der Waals surface area contributed by atoms with Gasteiger partial charge in [-0.25, -0.2) is 4.79 Å². The minimum atomic E-state index is -1.32. The van der Waals surface area contributed by atoms with Crippen LogP contribution >= 0.6 is 0 Å². The number of benzene rings is 2. The third kappa shape index (κ3) is 3.71. The quantitative estimate of drug-likeness (QED) is 0.752. The van der Waals surface area contributed by atoms with Crippen molar-refractivity contribution in [2.45, 2.75) is 12.0 Å². The van der Waals surface area contributed by atoms with Crippen LogP contribution < -0.4 is 5.32 Å². The van der Waals surface area contributed by atoms with Gasteiger partial charge in [-0.1, -0.05) is 60.7 Å². The first-order chi connectivity index (χ1) is 10.6. The van der Waals surface area contributed by atoms with Crippen molar-refractivity contribution in [2.24, 2.45) is 0 Å². The number of carbonyl (C=O) groups excluding carboxylic acids is 1. The smallest absolute Gasteiger partial charge is 0.328 e. The maximum atomic E-state index is 12.5. The first-order valence-corrected chi connectivity index (χ1v) is 6.87. The van der Waals surface area contributed by atoms with Gasteiger partial charge in [-0.2, -0.15) is 0 Å². The van der Waals surface area contributed by atoms with E-state index in [0.29, 0.717) is 0 Å². The largest absolute Gasteiger partial charge is 0.480 e. The van der Waals surface area contributed by atoms with Crippen LogP contribution in [-0.4, -0.2) is 34.7 Å². The molecule has 0 aliphatic rings. The predicted octanol–water partition coefficient (Wildman–Crippen LogP) is 1.38. The van der Waals surface area contributed by atoms with E-state index < -0.39 is 30.4 Å². The van der Waals surface area contributed by atoms with Crippen molar-refractivity contribution in [2.75, 3.05) is 6.61 Å². The Bertz CT molecular complexity index is 588. The first-order valence-electron chi connectivity index (χ1n) is 6.87. The Labute approximate surface area is 128 Å². The maximum absolute atomic E-state index is 12.5. The number of aliphatic carboxylic acids is 1. The van der Waals surface area contributed by atoms with Crippen LogP contribution in [0.2, 0.25) is 0 Å². The molecule has 114 valence electrons. The minimum absolute atomic E-state index is 0.459. The number of hydrogen-bond donors (Lipinski definition) is 3. The summed E-state index contributed by atoms with van der Waals surface area (Å²) in [6.07, 6.45) is 0. The van der Waals surface area contributed by atoms with E-state index in [1.165, 1.54) is 0 Å². The van der Waals surface area contributed by atoms with Gasteiger partial charge >= 0.3 is 5.97 Å². The fraction of sp³-hybridized carbons (Fsp3) is 0.176. The van der Waals surface area contributed by atoms with Crippen LogP contribution in [0.15, 0.2) is 60.7 Å². The zero-order valence-electron chi connectivity index (χ0n) is 11.8. The summed E-state index contributed by atoms with van der Waals surface area (Å²) in [5.74, 6) is -2.36. The van der Waals surface area contributed by atoms with Crippen LogP contribution in [0, 0.1) is 0 Å². The molecule has 2 aromatic rings. The molecule has 0 saturated heterocycles. The summed E-state index contributed by atoms with van der Waals surface area (Å²) in [4.78, 5) is 23.5. The molecule has 1 atom stereocenters. The molecule has 0 spiro atoms. The second-order valence-corrected chi connectivity index (χ2v) is 4.84. The Hall–Kier alpha value is -2.66. The number of aliphatic hydroxyl groups excluding tert-OH is 1. The number of carbonyl (C=O) groups is 2. The van der Waals surface area contributed by atoms with Crippen LogP contribution in [0.25, 0.3) is 0 Å². The molecule has 0 aromatic heterocycles. The molecule has 0 aliphatic heterocycles. The van der Waals surface area contributed by atoms with E-state index in [2.05, 4.69) is 5.32 Å². The van der Waals surface area contributed by atoms with Gasteiger partial charge in [0.25, 0.3) is 0 Å². The van der Waals surface area contributed by atoms with Gasteiger partial charge in [0, 0.05) is 0 Å². The van der Waals surface area contributed by atoms with Crippen molar-refractivity contribution in [3.8, 4) is 0 Å². The van der Waals surface area contributed by atoms with Gasteiger partial charge in [-0.15, -0.1) is 0 Å². The van der Waals surface area contributed by atoms with Gasteiger partial charge in [0.05, 0.1) is 12.5 Å². The Morgan fingerprint density at radius 2 is 1.36 bits per heavy atom. The number of nitrogens with one attached hydrogen (secondary N) is 1. The van der Waals surface area contributed by atoms with Gasteiger partial charge in [-0.05, 0) is 11.1 Å². The van der Waals surface area contributed by atoms with Gasteiger partial charge in [0.1, 0.15) is 6.04 Å². The molecule has 0 saturated carbocycles. The molecular formula is C17H17NO4. The molecule has 1 amide bonds. The molecule has 5 heteroatoms. The van der Waals surface area contributed by atoms with Gasteiger partial charge < -0.3 is 15.5 Å². The van der Waals surface area contributed by atoms with Crippen molar-refractivity contribution in [1.82, 2.24) is 5.32 Å². The average Bonchev–Trinajstić information content (AvgIpc) is 2.54. The Kier molecular flexibility index (Phi) is 5.27. The summed E-state index contributed by atoms with van der Waals surface area (Å²) in [6, 6.07) is 16.9. The summed E-state index contributed by atoms with van der Waals surface area (Å²) in [6.45, 7) is -0.655. The lowest BCUT2D eigenvalue weighted by molar-refractivity contribution is -0.143. The Morgan fingerprint density at radius 3 is 1.73 bits per heavy atom. The molecule has 0 fully saturated rings. The number of amides is 1. The van der Waals surface area contributed by atoms with Gasteiger partial charge in [-0.3, -0.25) is 4.79 Å². The molecule has 0 radical (unpaired) electrons. The van der Waals surface area contributed by atoms with E-state index in [4.69, 9.17) is 10.2 Å².